The Kier molecular flexibility index (Phi) is 4.05. The SMILES string of the molecule is CC1CNCCN1c1nc2c(F)c(Cl)c(F)c(-c3ccccn3)c2o1. The van der Waals surface area contributed by atoms with Gasteiger partial charge in [0.1, 0.15) is 10.5 Å². The van der Waals surface area contributed by atoms with Crippen LogP contribution in [-0.2, 0) is 0 Å². The summed E-state index contributed by atoms with van der Waals surface area (Å²) in [6.45, 7) is 4.17. The lowest BCUT2D eigenvalue weighted by molar-refractivity contribution is 0.456. The molecule has 3 aromatic rings. The number of hydrogen-bond acceptors (Lipinski definition) is 5. The number of hydrogen-bond donors (Lipinski definition) is 1. The van der Waals surface area contributed by atoms with Crippen molar-refractivity contribution in [2.75, 3.05) is 24.5 Å². The highest BCUT2D eigenvalue weighted by Gasteiger charge is 2.29. The molecule has 0 amide bonds. The van der Waals surface area contributed by atoms with E-state index in [-0.39, 0.29) is 28.7 Å². The van der Waals surface area contributed by atoms with Gasteiger partial charge < -0.3 is 14.6 Å². The quantitative estimate of drug-likeness (QED) is 0.704. The van der Waals surface area contributed by atoms with Crippen LogP contribution in [0.15, 0.2) is 28.8 Å². The summed E-state index contributed by atoms with van der Waals surface area (Å²) in [5.74, 6) is -1.83. The third-order valence-electron chi connectivity index (χ3n) is 4.32. The van der Waals surface area contributed by atoms with Crippen LogP contribution < -0.4 is 10.2 Å². The fourth-order valence-corrected chi connectivity index (χ4v) is 3.21. The number of benzene rings is 1. The molecule has 5 nitrogen and oxygen atoms in total. The number of nitrogens with zero attached hydrogens (tertiary/aromatic N) is 3. The second kappa shape index (κ2) is 6.24. The Morgan fingerprint density at radius 2 is 2.16 bits per heavy atom. The number of anilines is 1. The summed E-state index contributed by atoms with van der Waals surface area (Å²) in [4.78, 5) is 10.3. The zero-order valence-electron chi connectivity index (χ0n) is 13.4. The van der Waals surface area contributed by atoms with E-state index >= 15 is 0 Å². The van der Waals surface area contributed by atoms with Crippen molar-refractivity contribution in [2.45, 2.75) is 13.0 Å². The van der Waals surface area contributed by atoms with Crippen LogP contribution in [0.1, 0.15) is 6.92 Å². The number of rotatable bonds is 2. The lowest BCUT2D eigenvalue weighted by Crippen LogP contribution is -2.50. The van der Waals surface area contributed by atoms with E-state index in [2.05, 4.69) is 15.3 Å². The molecule has 2 aromatic heterocycles. The molecule has 0 saturated carbocycles. The fourth-order valence-electron chi connectivity index (χ4n) is 3.02. The van der Waals surface area contributed by atoms with Crippen molar-refractivity contribution < 1.29 is 13.2 Å². The highest BCUT2D eigenvalue weighted by molar-refractivity contribution is 6.32. The van der Waals surface area contributed by atoms with Crippen molar-refractivity contribution in [1.82, 2.24) is 15.3 Å². The second-order valence-corrected chi connectivity index (χ2v) is 6.33. The summed E-state index contributed by atoms with van der Waals surface area (Å²) < 4.78 is 35.0. The maximum absolute atomic E-state index is 14.7. The van der Waals surface area contributed by atoms with Gasteiger partial charge in [0.25, 0.3) is 6.01 Å². The Morgan fingerprint density at radius 1 is 1.32 bits per heavy atom. The van der Waals surface area contributed by atoms with Gasteiger partial charge in [-0.2, -0.15) is 4.98 Å². The van der Waals surface area contributed by atoms with Crippen molar-refractivity contribution >= 4 is 28.7 Å². The summed E-state index contributed by atoms with van der Waals surface area (Å²) >= 11 is 5.85. The molecular formula is C17H15ClF2N4O. The summed E-state index contributed by atoms with van der Waals surface area (Å²) in [6.07, 6.45) is 1.52. The van der Waals surface area contributed by atoms with Gasteiger partial charge in [-0.1, -0.05) is 17.7 Å². The molecule has 1 aromatic carbocycles. The maximum Gasteiger partial charge on any atom is 0.298 e. The van der Waals surface area contributed by atoms with Gasteiger partial charge in [0, 0.05) is 31.9 Å². The largest absolute Gasteiger partial charge is 0.422 e. The summed E-state index contributed by atoms with van der Waals surface area (Å²) in [7, 11) is 0. The first-order valence-corrected chi connectivity index (χ1v) is 8.31. The molecule has 1 fully saturated rings. The summed E-state index contributed by atoms with van der Waals surface area (Å²) in [5, 5.41) is 2.65. The maximum atomic E-state index is 14.7. The van der Waals surface area contributed by atoms with E-state index in [1.54, 1.807) is 18.2 Å². The fraction of sp³-hybridized carbons (Fsp3) is 0.294. The highest BCUT2D eigenvalue weighted by atomic mass is 35.5. The minimum Gasteiger partial charge on any atom is -0.422 e. The second-order valence-electron chi connectivity index (χ2n) is 5.95. The minimum atomic E-state index is -0.924. The monoisotopic (exact) mass is 364 g/mol. The molecule has 0 bridgehead atoms. The van der Waals surface area contributed by atoms with E-state index in [1.807, 2.05) is 11.8 Å². The Balaban J connectivity index is 1.96. The molecular weight excluding hydrogens is 350 g/mol. The van der Waals surface area contributed by atoms with Crippen LogP contribution in [-0.4, -0.2) is 35.6 Å². The van der Waals surface area contributed by atoms with Crippen molar-refractivity contribution in [3.8, 4) is 11.3 Å². The molecule has 130 valence electrons. The van der Waals surface area contributed by atoms with Crippen LogP contribution in [0.5, 0.6) is 0 Å². The molecule has 8 heteroatoms. The number of halogens is 3. The van der Waals surface area contributed by atoms with E-state index in [1.165, 1.54) is 6.20 Å². The highest BCUT2D eigenvalue weighted by Crippen LogP contribution is 2.39. The summed E-state index contributed by atoms with van der Waals surface area (Å²) in [5.41, 5.74) is 0.248. The van der Waals surface area contributed by atoms with E-state index in [4.69, 9.17) is 16.0 Å². The number of pyridine rings is 1. The Bertz CT molecular complexity index is 932. The van der Waals surface area contributed by atoms with Crippen LogP contribution in [0.2, 0.25) is 5.02 Å². The third-order valence-corrected chi connectivity index (χ3v) is 4.66. The zero-order chi connectivity index (χ0) is 17.6. The topological polar surface area (TPSA) is 54.2 Å². The van der Waals surface area contributed by atoms with E-state index < -0.39 is 16.7 Å². The number of piperazine rings is 1. The van der Waals surface area contributed by atoms with Gasteiger partial charge in [-0.05, 0) is 19.1 Å². The Hall–Kier alpha value is -2.25. The number of fused-ring (bicyclic) bond motifs is 1. The zero-order valence-corrected chi connectivity index (χ0v) is 14.1. The van der Waals surface area contributed by atoms with Gasteiger partial charge in [-0.15, -0.1) is 0 Å². The first-order valence-electron chi connectivity index (χ1n) is 7.93. The van der Waals surface area contributed by atoms with E-state index in [9.17, 15) is 8.78 Å². The van der Waals surface area contributed by atoms with Crippen LogP contribution in [0, 0.1) is 11.6 Å². The molecule has 3 heterocycles. The minimum absolute atomic E-state index is 0.0128. The predicted molar refractivity (Wildman–Crippen MR) is 91.8 cm³/mol. The Labute approximate surface area is 147 Å². The van der Waals surface area contributed by atoms with Crippen LogP contribution >= 0.6 is 11.6 Å². The molecule has 1 aliphatic rings. The van der Waals surface area contributed by atoms with Gasteiger partial charge in [0.15, 0.2) is 17.2 Å². The molecule has 0 radical (unpaired) electrons. The van der Waals surface area contributed by atoms with Crippen molar-refractivity contribution in [3.63, 3.8) is 0 Å². The molecule has 1 saturated heterocycles. The van der Waals surface area contributed by atoms with Crippen molar-refractivity contribution in [1.29, 1.82) is 0 Å². The standard InChI is InChI=1S/C17H15ClF2N4O/c1-9-8-21-6-7-24(9)17-23-15-14(20)12(18)13(19)11(16(15)25-17)10-4-2-3-5-22-10/h2-5,9,21H,6-8H2,1H3. The molecule has 0 spiro atoms. The van der Waals surface area contributed by atoms with Crippen LogP contribution in [0.25, 0.3) is 22.4 Å². The molecule has 1 atom stereocenters. The van der Waals surface area contributed by atoms with Crippen LogP contribution in [0.3, 0.4) is 0 Å². The van der Waals surface area contributed by atoms with Gasteiger partial charge in [-0.25, -0.2) is 8.78 Å². The molecule has 1 aliphatic heterocycles. The average Bonchev–Trinajstić information content (AvgIpc) is 3.06. The van der Waals surface area contributed by atoms with Gasteiger partial charge >= 0.3 is 0 Å². The molecule has 4 rings (SSSR count). The number of nitrogens with one attached hydrogen (secondary N) is 1. The molecule has 1 N–H and O–H groups in total. The Morgan fingerprint density at radius 3 is 2.88 bits per heavy atom. The van der Waals surface area contributed by atoms with E-state index in [0.717, 1.165) is 13.1 Å². The normalized spacial score (nSPS) is 18.1. The van der Waals surface area contributed by atoms with Gasteiger partial charge in [-0.3, -0.25) is 4.98 Å². The number of oxazole rings is 1. The lowest BCUT2D eigenvalue weighted by atomic mass is 10.1. The third kappa shape index (κ3) is 2.63. The smallest absolute Gasteiger partial charge is 0.298 e. The predicted octanol–water partition coefficient (Wildman–Crippen LogP) is 3.62. The number of aromatic nitrogens is 2. The molecule has 25 heavy (non-hydrogen) atoms. The van der Waals surface area contributed by atoms with Crippen LogP contribution in [0.4, 0.5) is 14.8 Å². The van der Waals surface area contributed by atoms with Crippen molar-refractivity contribution in [2.24, 2.45) is 0 Å². The van der Waals surface area contributed by atoms with Crippen molar-refractivity contribution in [3.05, 3.63) is 41.1 Å². The lowest BCUT2D eigenvalue weighted by Gasteiger charge is -2.32. The average molecular weight is 365 g/mol. The van der Waals surface area contributed by atoms with E-state index in [0.29, 0.717) is 12.2 Å². The molecule has 0 aliphatic carbocycles. The first-order chi connectivity index (χ1) is 12.1. The van der Waals surface area contributed by atoms with Gasteiger partial charge in [0.2, 0.25) is 0 Å². The summed E-state index contributed by atoms with van der Waals surface area (Å²) in [6, 6.07) is 5.39. The first kappa shape index (κ1) is 16.2. The molecule has 1 unspecified atom stereocenters. The van der Waals surface area contributed by atoms with Gasteiger partial charge in [0.05, 0.1) is 11.3 Å².